The monoisotopic (exact) mass is 245 g/mol. The van der Waals surface area contributed by atoms with Gasteiger partial charge in [-0.15, -0.1) is 0 Å². The summed E-state index contributed by atoms with van der Waals surface area (Å²) in [4.78, 5) is 0. The highest BCUT2D eigenvalue weighted by Crippen LogP contribution is 2.22. The maximum absolute atomic E-state index is 3.78. The lowest BCUT2D eigenvalue weighted by Gasteiger charge is -2.27. The standard InChI is InChI=1S/C17H27N/c1-13(2)15-9-11-16(12-10-15)14(3)18-17-7-5-4-6-8-17/h9-14,17-18H,4-8H2,1-3H3. The first kappa shape index (κ1) is 13.6. The Morgan fingerprint density at radius 3 is 2.00 bits per heavy atom. The molecule has 1 N–H and O–H groups in total. The first-order valence-electron chi connectivity index (χ1n) is 7.52. The fraction of sp³-hybridized carbons (Fsp3) is 0.647. The molecule has 0 saturated heterocycles. The smallest absolute Gasteiger partial charge is 0.0294 e. The molecule has 0 aromatic heterocycles. The zero-order chi connectivity index (χ0) is 13.0. The van der Waals surface area contributed by atoms with Crippen molar-refractivity contribution in [2.24, 2.45) is 0 Å². The molecule has 1 aromatic carbocycles. The van der Waals surface area contributed by atoms with Crippen LogP contribution < -0.4 is 5.32 Å². The average Bonchev–Trinajstić information content (AvgIpc) is 2.40. The third-order valence-corrected chi connectivity index (χ3v) is 4.19. The van der Waals surface area contributed by atoms with E-state index in [1.807, 2.05) is 0 Å². The minimum Gasteiger partial charge on any atom is -0.307 e. The van der Waals surface area contributed by atoms with Gasteiger partial charge in [-0.25, -0.2) is 0 Å². The normalized spacial score (nSPS) is 19.1. The quantitative estimate of drug-likeness (QED) is 0.804. The minimum absolute atomic E-state index is 0.481. The molecule has 1 heteroatoms. The predicted molar refractivity (Wildman–Crippen MR) is 79.0 cm³/mol. The summed E-state index contributed by atoms with van der Waals surface area (Å²) < 4.78 is 0. The van der Waals surface area contributed by atoms with Crippen LogP contribution in [0, 0.1) is 0 Å². The first-order chi connectivity index (χ1) is 8.66. The van der Waals surface area contributed by atoms with Crippen molar-refractivity contribution in [2.45, 2.75) is 70.9 Å². The van der Waals surface area contributed by atoms with Gasteiger partial charge < -0.3 is 5.32 Å². The zero-order valence-electron chi connectivity index (χ0n) is 12.1. The molecule has 0 spiro atoms. The highest BCUT2D eigenvalue weighted by Gasteiger charge is 2.16. The van der Waals surface area contributed by atoms with Crippen LogP contribution in [0.15, 0.2) is 24.3 Å². The number of hydrogen-bond donors (Lipinski definition) is 1. The van der Waals surface area contributed by atoms with Crippen LogP contribution in [0.1, 0.15) is 76.0 Å². The summed E-state index contributed by atoms with van der Waals surface area (Å²) in [6.07, 6.45) is 6.94. The van der Waals surface area contributed by atoms with E-state index in [9.17, 15) is 0 Å². The van der Waals surface area contributed by atoms with Crippen molar-refractivity contribution in [3.05, 3.63) is 35.4 Å². The van der Waals surface area contributed by atoms with Crippen molar-refractivity contribution in [1.29, 1.82) is 0 Å². The Bertz CT molecular complexity index is 346. The molecule has 18 heavy (non-hydrogen) atoms. The number of rotatable bonds is 4. The molecule has 0 aliphatic heterocycles. The van der Waals surface area contributed by atoms with E-state index in [0.717, 1.165) is 6.04 Å². The van der Waals surface area contributed by atoms with Gasteiger partial charge >= 0.3 is 0 Å². The summed E-state index contributed by atoms with van der Waals surface area (Å²) in [7, 11) is 0. The van der Waals surface area contributed by atoms with E-state index in [-0.39, 0.29) is 0 Å². The van der Waals surface area contributed by atoms with E-state index in [1.54, 1.807) is 0 Å². The van der Waals surface area contributed by atoms with Gasteiger partial charge in [0.1, 0.15) is 0 Å². The average molecular weight is 245 g/mol. The maximum atomic E-state index is 3.78. The molecule has 2 rings (SSSR count). The second kappa shape index (κ2) is 6.38. The Kier molecular flexibility index (Phi) is 4.82. The highest BCUT2D eigenvalue weighted by molar-refractivity contribution is 5.26. The highest BCUT2D eigenvalue weighted by atomic mass is 14.9. The Hall–Kier alpha value is -0.820. The maximum Gasteiger partial charge on any atom is 0.0294 e. The molecule has 100 valence electrons. The lowest BCUT2D eigenvalue weighted by atomic mass is 9.94. The van der Waals surface area contributed by atoms with Crippen molar-refractivity contribution >= 4 is 0 Å². The van der Waals surface area contributed by atoms with Gasteiger partial charge in [0, 0.05) is 12.1 Å². The lowest BCUT2D eigenvalue weighted by Crippen LogP contribution is -2.33. The molecule has 0 amide bonds. The third-order valence-electron chi connectivity index (χ3n) is 4.19. The topological polar surface area (TPSA) is 12.0 Å². The summed E-state index contributed by atoms with van der Waals surface area (Å²) in [5.74, 6) is 0.626. The zero-order valence-corrected chi connectivity index (χ0v) is 12.1. The van der Waals surface area contributed by atoms with Crippen molar-refractivity contribution in [3.8, 4) is 0 Å². The summed E-state index contributed by atoms with van der Waals surface area (Å²) >= 11 is 0. The van der Waals surface area contributed by atoms with Crippen LogP contribution in [0.3, 0.4) is 0 Å². The van der Waals surface area contributed by atoms with E-state index < -0.39 is 0 Å². The molecule has 0 bridgehead atoms. The Morgan fingerprint density at radius 2 is 1.44 bits per heavy atom. The lowest BCUT2D eigenvalue weighted by molar-refractivity contribution is 0.347. The fourth-order valence-electron chi connectivity index (χ4n) is 2.89. The molecule has 0 radical (unpaired) electrons. The molecule has 1 saturated carbocycles. The van der Waals surface area contributed by atoms with Crippen LogP contribution in [0.2, 0.25) is 0 Å². The molecule has 1 aromatic rings. The van der Waals surface area contributed by atoms with E-state index in [0.29, 0.717) is 12.0 Å². The van der Waals surface area contributed by atoms with Crippen molar-refractivity contribution in [1.82, 2.24) is 5.32 Å². The van der Waals surface area contributed by atoms with Gasteiger partial charge in [0.25, 0.3) is 0 Å². The summed E-state index contributed by atoms with van der Waals surface area (Å²) in [5, 5.41) is 3.78. The van der Waals surface area contributed by atoms with Crippen LogP contribution in [0.4, 0.5) is 0 Å². The third kappa shape index (κ3) is 3.58. The molecule has 1 aliphatic carbocycles. The minimum atomic E-state index is 0.481. The molecule has 1 aliphatic rings. The summed E-state index contributed by atoms with van der Waals surface area (Å²) in [6, 6.07) is 10.3. The molecular weight excluding hydrogens is 218 g/mol. The van der Waals surface area contributed by atoms with Crippen LogP contribution in [0.5, 0.6) is 0 Å². The molecule has 1 atom stereocenters. The van der Waals surface area contributed by atoms with Crippen LogP contribution in [-0.4, -0.2) is 6.04 Å². The SMILES string of the molecule is CC(C)c1ccc(C(C)NC2CCCCC2)cc1. The van der Waals surface area contributed by atoms with Gasteiger partial charge in [-0.05, 0) is 36.8 Å². The van der Waals surface area contributed by atoms with Crippen LogP contribution in [-0.2, 0) is 0 Å². The van der Waals surface area contributed by atoms with E-state index in [2.05, 4.69) is 50.4 Å². The van der Waals surface area contributed by atoms with E-state index in [1.165, 1.54) is 43.2 Å². The first-order valence-corrected chi connectivity index (χ1v) is 7.52. The molecule has 0 heterocycles. The van der Waals surface area contributed by atoms with E-state index in [4.69, 9.17) is 0 Å². The molecule has 1 fully saturated rings. The van der Waals surface area contributed by atoms with Gasteiger partial charge in [-0.3, -0.25) is 0 Å². The number of nitrogens with one attached hydrogen (secondary N) is 1. The van der Waals surface area contributed by atoms with Crippen LogP contribution >= 0.6 is 0 Å². The fourth-order valence-corrected chi connectivity index (χ4v) is 2.89. The predicted octanol–water partition coefficient (Wildman–Crippen LogP) is 4.79. The van der Waals surface area contributed by atoms with Gasteiger partial charge in [0.05, 0.1) is 0 Å². The molecule has 1 nitrogen and oxygen atoms in total. The Morgan fingerprint density at radius 1 is 0.889 bits per heavy atom. The van der Waals surface area contributed by atoms with E-state index >= 15 is 0 Å². The second-order valence-electron chi connectivity index (χ2n) is 6.04. The number of hydrogen-bond acceptors (Lipinski definition) is 1. The van der Waals surface area contributed by atoms with Gasteiger partial charge in [-0.2, -0.15) is 0 Å². The summed E-state index contributed by atoms with van der Waals surface area (Å²) in [6.45, 7) is 6.79. The van der Waals surface area contributed by atoms with Gasteiger partial charge in [0.2, 0.25) is 0 Å². The van der Waals surface area contributed by atoms with Crippen molar-refractivity contribution in [3.63, 3.8) is 0 Å². The second-order valence-corrected chi connectivity index (χ2v) is 6.04. The molecule has 1 unspecified atom stereocenters. The van der Waals surface area contributed by atoms with Crippen LogP contribution in [0.25, 0.3) is 0 Å². The summed E-state index contributed by atoms with van der Waals surface area (Å²) in [5.41, 5.74) is 2.86. The Balaban J connectivity index is 1.93. The van der Waals surface area contributed by atoms with Crippen molar-refractivity contribution < 1.29 is 0 Å². The van der Waals surface area contributed by atoms with Gasteiger partial charge in [-0.1, -0.05) is 57.4 Å². The largest absolute Gasteiger partial charge is 0.307 e. The molecular formula is C17H27N. The van der Waals surface area contributed by atoms with Gasteiger partial charge in [0.15, 0.2) is 0 Å². The number of benzene rings is 1. The Labute approximate surface area is 112 Å². The van der Waals surface area contributed by atoms with Crippen molar-refractivity contribution in [2.75, 3.05) is 0 Å².